The third-order valence-corrected chi connectivity index (χ3v) is 4.65. The average molecular weight is 296 g/mol. The lowest BCUT2D eigenvalue weighted by Gasteiger charge is -2.28. The second kappa shape index (κ2) is 9.26. The molecule has 5 heteroatoms. The Morgan fingerprint density at radius 1 is 1.24 bits per heavy atom. The number of hydrogen-bond donors (Lipinski definition) is 2. The van der Waals surface area contributed by atoms with E-state index in [4.69, 9.17) is 4.74 Å². The summed E-state index contributed by atoms with van der Waals surface area (Å²) in [6.45, 7) is 9.27. The van der Waals surface area contributed by atoms with Gasteiger partial charge in [-0.25, -0.2) is 0 Å². The Morgan fingerprint density at radius 2 is 2.05 bits per heavy atom. The highest BCUT2D eigenvalue weighted by atomic mass is 16.5. The smallest absolute Gasteiger partial charge is 0.191 e. The van der Waals surface area contributed by atoms with Gasteiger partial charge in [-0.15, -0.1) is 0 Å². The van der Waals surface area contributed by atoms with Gasteiger partial charge in [0.25, 0.3) is 0 Å². The second-order valence-electron chi connectivity index (χ2n) is 6.47. The molecule has 0 aromatic heterocycles. The van der Waals surface area contributed by atoms with E-state index in [9.17, 15) is 0 Å². The number of hydrogen-bond acceptors (Lipinski definition) is 3. The Labute approximate surface area is 129 Å². The van der Waals surface area contributed by atoms with Crippen molar-refractivity contribution in [3.63, 3.8) is 0 Å². The highest BCUT2D eigenvalue weighted by Crippen LogP contribution is 2.27. The van der Waals surface area contributed by atoms with Crippen molar-refractivity contribution in [1.82, 2.24) is 15.5 Å². The molecule has 0 radical (unpaired) electrons. The third kappa shape index (κ3) is 6.22. The first-order valence-corrected chi connectivity index (χ1v) is 8.52. The van der Waals surface area contributed by atoms with E-state index >= 15 is 0 Å². The van der Waals surface area contributed by atoms with E-state index in [0.29, 0.717) is 0 Å². The minimum Gasteiger partial charge on any atom is -0.379 e. The average Bonchev–Trinajstić information content (AvgIpc) is 2.52. The highest BCUT2D eigenvalue weighted by Gasteiger charge is 2.18. The zero-order chi connectivity index (χ0) is 14.9. The van der Waals surface area contributed by atoms with Crippen LogP contribution in [0.15, 0.2) is 4.99 Å². The fourth-order valence-corrected chi connectivity index (χ4v) is 3.36. The van der Waals surface area contributed by atoms with Crippen LogP contribution in [0.5, 0.6) is 0 Å². The molecule has 2 N–H and O–H groups in total. The second-order valence-corrected chi connectivity index (χ2v) is 6.47. The van der Waals surface area contributed by atoms with Crippen molar-refractivity contribution < 1.29 is 4.74 Å². The summed E-state index contributed by atoms with van der Waals surface area (Å²) < 4.78 is 5.36. The molecule has 0 aromatic carbocycles. The molecule has 1 saturated heterocycles. The largest absolute Gasteiger partial charge is 0.379 e. The minimum absolute atomic E-state index is 0.812. The number of nitrogens with one attached hydrogen (secondary N) is 2. The van der Waals surface area contributed by atoms with E-state index in [1.807, 2.05) is 7.05 Å². The Balaban J connectivity index is 1.59. The summed E-state index contributed by atoms with van der Waals surface area (Å²) in [6.07, 6.45) is 5.51. The van der Waals surface area contributed by atoms with Crippen molar-refractivity contribution in [1.29, 1.82) is 0 Å². The van der Waals surface area contributed by atoms with Crippen molar-refractivity contribution in [3.8, 4) is 0 Å². The number of rotatable bonds is 5. The van der Waals surface area contributed by atoms with Gasteiger partial charge in [-0.05, 0) is 24.7 Å². The summed E-state index contributed by atoms with van der Waals surface area (Å²) in [6, 6.07) is 0. The van der Waals surface area contributed by atoms with Gasteiger partial charge in [-0.2, -0.15) is 0 Å². The zero-order valence-electron chi connectivity index (χ0n) is 13.7. The summed E-state index contributed by atoms with van der Waals surface area (Å²) in [5.41, 5.74) is 0. The molecule has 1 aliphatic carbocycles. The lowest BCUT2D eigenvalue weighted by atomic mass is 9.82. The van der Waals surface area contributed by atoms with Crippen molar-refractivity contribution >= 4 is 5.96 Å². The predicted octanol–water partition coefficient (Wildman–Crippen LogP) is 1.31. The predicted molar refractivity (Wildman–Crippen MR) is 87.7 cm³/mol. The lowest BCUT2D eigenvalue weighted by molar-refractivity contribution is 0.0389. The first-order chi connectivity index (χ1) is 10.3. The maximum Gasteiger partial charge on any atom is 0.191 e. The van der Waals surface area contributed by atoms with Crippen LogP contribution < -0.4 is 10.6 Å². The van der Waals surface area contributed by atoms with Crippen LogP contribution in [0.3, 0.4) is 0 Å². The molecule has 0 spiro atoms. The van der Waals surface area contributed by atoms with Crippen LogP contribution in [0.1, 0.15) is 32.6 Å². The Morgan fingerprint density at radius 3 is 2.76 bits per heavy atom. The highest BCUT2D eigenvalue weighted by molar-refractivity contribution is 5.79. The molecule has 1 heterocycles. The quantitative estimate of drug-likeness (QED) is 0.593. The molecule has 2 fully saturated rings. The summed E-state index contributed by atoms with van der Waals surface area (Å²) in [5, 5.41) is 6.92. The zero-order valence-corrected chi connectivity index (χ0v) is 13.7. The lowest BCUT2D eigenvalue weighted by Crippen LogP contribution is -2.45. The maximum absolute atomic E-state index is 5.36. The molecule has 0 aromatic rings. The number of aliphatic imine (C=N–C) groups is 1. The normalized spacial score (nSPS) is 28.4. The number of morpholine rings is 1. The van der Waals surface area contributed by atoms with Gasteiger partial charge in [0.2, 0.25) is 0 Å². The molecule has 21 heavy (non-hydrogen) atoms. The van der Waals surface area contributed by atoms with Gasteiger partial charge in [-0.1, -0.05) is 19.8 Å². The Bertz CT molecular complexity index is 315. The molecule has 1 saturated carbocycles. The van der Waals surface area contributed by atoms with Gasteiger partial charge in [0.05, 0.1) is 13.2 Å². The van der Waals surface area contributed by atoms with E-state index in [0.717, 1.165) is 63.7 Å². The monoisotopic (exact) mass is 296 g/mol. The van der Waals surface area contributed by atoms with Crippen molar-refractivity contribution in [2.75, 3.05) is 53.0 Å². The number of guanidine groups is 1. The molecular weight excluding hydrogens is 264 g/mol. The molecule has 2 unspecified atom stereocenters. The molecular formula is C16H32N4O. The molecule has 5 nitrogen and oxygen atoms in total. The van der Waals surface area contributed by atoms with Crippen LogP contribution in [0.2, 0.25) is 0 Å². The molecule has 2 rings (SSSR count). The molecule has 0 bridgehead atoms. The number of ether oxygens (including phenoxy) is 1. The van der Waals surface area contributed by atoms with E-state index in [-0.39, 0.29) is 0 Å². The van der Waals surface area contributed by atoms with Crippen molar-refractivity contribution in [2.24, 2.45) is 16.8 Å². The van der Waals surface area contributed by atoms with Crippen LogP contribution >= 0.6 is 0 Å². The first kappa shape index (κ1) is 16.6. The van der Waals surface area contributed by atoms with Crippen LogP contribution in [-0.2, 0) is 4.74 Å². The van der Waals surface area contributed by atoms with Gasteiger partial charge in [-0.3, -0.25) is 9.89 Å². The Hall–Kier alpha value is -0.810. The summed E-state index contributed by atoms with van der Waals surface area (Å²) in [5.74, 6) is 2.65. The fourth-order valence-electron chi connectivity index (χ4n) is 3.36. The molecule has 2 aliphatic rings. The summed E-state index contributed by atoms with van der Waals surface area (Å²) >= 11 is 0. The number of nitrogens with zero attached hydrogens (tertiary/aromatic N) is 2. The van der Waals surface area contributed by atoms with Gasteiger partial charge in [0.15, 0.2) is 5.96 Å². The molecule has 2 atom stereocenters. The van der Waals surface area contributed by atoms with Gasteiger partial charge < -0.3 is 15.4 Å². The molecule has 1 aliphatic heterocycles. The topological polar surface area (TPSA) is 48.9 Å². The van der Waals surface area contributed by atoms with Gasteiger partial charge in [0.1, 0.15) is 0 Å². The van der Waals surface area contributed by atoms with E-state index in [1.165, 1.54) is 25.7 Å². The van der Waals surface area contributed by atoms with E-state index < -0.39 is 0 Å². The maximum atomic E-state index is 5.36. The van der Waals surface area contributed by atoms with Crippen molar-refractivity contribution in [3.05, 3.63) is 0 Å². The van der Waals surface area contributed by atoms with Crippen LogP contribution in [0, 0.1) is 11.8 Å². The van der Waals surface area contributed by atoms with Gasteiger partial charge >= 0.3 is 0 Å². The SMILES string of the molecule is CN=C(NCCN1CCOCC1)NCC1CCCC(C)C1. The van der Waals surface area contributed by atoms with Crippen molar-refractivity contribution in [2.45, 2.75) is 32.6 Å². The summed E-state index contributed by atoms with van der Waals surface area (Å²) in [4.78, 5) is 6.76. The molecule has 0 amide bonds. The minimum atomic E-state index is 0.812. The van der Waals surface area contributed by atoms with E-state index in [1.54, 1.807) is 0 Å². The van der Waals surface area contributed by atoms with E-state index in [2.05, 4.69) is 27.4 Å². The standard InChI is InChI=1S/C16H32N4O/c1-14-4-3-5-15(12-14)13-19-16(17-2)18-6-7-20-8-10-21-11-9-20/h14-15H,3-13H2,1-2H3,(H2,17,18,19). The third-order valence-electron chi connectivity index (χ3n) is 4.65. The fraction of sp³-hybridized carbons (Fsp3) is 0.938. The van der Waals surface area contributed by atoms with Crippen LogP contribution in [0.4, 0.5) is 0 Å². The molecule has 122 valence electrons. The van der Waals surface area contributed by atoms with Crippen LogP contribution in [0.25, 0.3) is 0 Å². The van der Waals surface area contributed by atoms with Gasteiger partial charge in [0, 0.05) is 39.8 Å². The summed E-state index contributed by atoms with van der Waals surface area (Å²) in [7, 11) is 1.85. The first-order valence-electron chi connectivity index (χ1n) is 8.52. The van der Waals surface area contributed by atoms with Crippen LogP contribution in [-0.4, -0.2) is 63.8 Å². The Kier molecular flexibility index (Phi) is 7.30.